The molecule has 3 aliphatic heterocycles. The summed E-state index contributed by atoms with van der Waals surface area (Å²) in [5, 5.41) is 15.8. The molecule has 11 heteroatoms. The molecular weight excluding hydrogens is 622 g/mol. The van der Waals surface area contributed by atoms with E-state index in [4.69, 9.17) is 21.7 Å². The number of rotatable bonds is 7. The number of likely N-dealkylation sites (tertiary alicyclic amines) is 1. The number of piperidine rings is 2. The van der Waals surface area contributed by atoms with Gasteiger partial charge in [-0.2, -0.15) is 0 Å². The van der Waals surface area contributed by atoms with Gasteiger partial charge in [0.05, 0.1) is 16.1 Å². The first kappa shape index (κ1) is 31.2. The Bertz CT molecular complexity index is 1890. The minimum atomic E-state index is -4.06. The molecule has 1 unspecified atom stereocenters. The molecule has 9 nitrogen and oxygen atoms in total. The van der Waals surface area contributed by atoms with E-state index in [-0.39, 0.29) is 32.6 Å². The summed E-state index contributed by atoms with van der Waals surface area (Å²) in [6, 6.07) is 21.7. The Balaban J connectivity index is 1.08. The molecule has 0 saturated carbocycles. The lowest BCUT2D eigenvalue weighted by atomic mass is 9.70. The molecule has 4 aromatic rings. The molecule has 242 valence electrons. The molecule has 3 fully saturated rings. The van der Waals surface area contributed by atoms with Crippen LogP contribution in [0.3, 0.4) is 0 Å². The van der Waals surface area contributed by atoms with Crippen molar-refractivity contribution < 1.29 is 18.3 Å². The summed E-state index contributed by atoms with van der Waals surface area (Å²) in [4.78, 5) is 22.6. The summed E-state index contributed by atoms with van der Waals surface area (Å²) >= 11 is 6.06. The van der Waals surface area contributed by atoms with E-state index in [0.29, 0.717) is 31.2 Å². The molecule has 1 aromatic heterocycles. The van der Waals surface area contributed by atoms with Crippen molar-refractivity contribution in [2.75, 3.05) is 19.6 Å². The summed E-state index contributed by atoms with van der Waals surface area (Å²) in [6.45, 7) is 4.12. The van der Waals surface area contributed by atoms with Gasteiger partial charge in [-0.15, -0.1) is 0 Å². The highest BCUT2D eigenvalue weighted by molar-refractivity contribution is 7.89. The molecule has 3 saturated heterocycles. The molecule has 3 atom stereocenters. The van der Waals surface area contributed by atoms with Crippen LogP contribution in [0.15, 0.2) is 71.6 Å². The van der Waals surface area contributed by atoms with Crippen LogP contribution in [0.2, 0.25) is 5.02 Å². The number of imidazole rings is 1. The van der Waals surface area contributed by atoms with Gasteiger partial charge in [-0.05, 0) is 106 Å². The molecule has 2 bridgehead atoms. The number of para-hydroxylation sites is 2. The van der Waals surface area contributed by atoms with Crippen molar-refractivity contribution in [1.82, 2.24) is 19.4 Å². The van der Waals surface area contributed by atoms with Gasteiger partial charge in [0.25, 0.3) is 5.91 Å². The number of phenols is 1. The number of aromatic nitrogens is 2. The monoisotopic (exact) mass is 661 g/mol. The number of hydrogen-bond acceptors (Lipinski definition) is 6. The Morgan fingerprint density at radius 1 is 1.00 bits per heavy atom. The first-order valence-electron chi connectivity index (χ1n) is 16.1. The number of nitrogens with two attached hydrogens (primary N) is 1. The number of phenolic OH excluding ortho intramolecular Hbond substituents is 1. The number of hydrogen-bond donors (Lipinski definition) is 2. The quantitative estimate of drug-likeness (QED) is 0.259. The van der Waals surface area contributed by atoms with Crippen LogP contribution in [0.1, 0.15) is 72.7 Å². The Hall–Kier alpha value is -3.44. The molecule has 3 aliphatic rings. The van der Waals surface area contributed by atoms with Crippen molar-refractivity contribution in [2.24, 2.45) is 5.14 Å². The maximum Gasteiger partial charge on any atom is 0.253 e. The second-order valence-corrected chi connectivity index (χ2v) is 15.3. The van der Waals surface area contributed by atoms with Gasteiger partial charge >= 0.3 is 0 Å². The predicted octanol–water partition coefficient (Wildman–Crippen LogP) is 5.78. The van der Waals surface area contributed by atoms with E-state index < -0.39 is 10.0 Å². The average molecular weight is 662 g/mol. The number of primary sulfonamides is 1. The summed E-state index contributed by atoms with van der Waals surface area (Å²) < 4.78 is 26.5. The lowest BCUT2D eigenvalue weighted by Crippen LogP contribution is -2.49. The number of fused-ring (bicyclic) bond motifs is 3. The predicted molar refractivity (Wildman–Crippen MR) is 179 cm³/mol. The van der Waals surface area contributed by atoms with E-state index in [1.807, 2.05) is 12.1 Å². The maximum absolute atomic E-state index is 13.5. The molecule has 0 spiro atoms. The molecule has 3 aromatic carbocycles. The molecule has 7 rings (SSSR count). The second-order valence-electron chi connectivity index (χ2n) is 13.3. The van der Waals surface area contributed by atoms with Gasteiger partial charge in [-0.25, -0.2) is 18.5 Å². The number of nitrogens with zero attached hydrogens (tertiary/aromatic N) is 4. The fourth-order valence-electron chi connectivity index (χ4n) is 8.48. The van der Waals surface area contributed by atoms with E-state index in [9.17, 15) is 18.3 Å². The molecule has 1 amide bonds. The van der Waals surface area contributed by atoms with E-state index in [1.54, 1.807) is 17.0 Å². The van der Waals surface area contributed by atoms with E-state index >= 15 is 0 Å². The zero-order valence-electron chi connectivity index (χ0n) is 26.0. The lowest BCUT2D eigenvalue weighted by Gasteiger charge is -2.45. The minimum Gasteiger partial charge on any atom is -0.508 e. The molecule has 0 radical (unpaired) electrons. The number of carbonyl (C=O) groups excluding carboxylic acids is 1. The SMILES string of the molecule is Cc1nc2ccccc2n1C1C[C@H]2CC[C@@H](C1)N2CCC1(c2cccc(O)c2)CCN(C(=O)c2ccc(Cl)c(S(N)(=O)=O)c2)CC1. The molecular formula is C35H40ClN5O4S. The Labute approximate surface area is 275 Å². The zero-order valence-corrected chi connectivity index (χ0v) is 27.6. The summed E-state index contributed by atoms with van der Waals surface area (Å²) in [5.41, 5.74) is 3.44. The molecule has 4 heterocycles. The third-order valence-corrected chi connectivity index (χ3v) is 12.2. The highest BCUT2D eigenvalue weighted by Crippen LogP contribution is 2.45. The minimum absolute atomic E-state index is 0.00731. The van der Waals surface area contributed by atoms with Crippen molar-refractivity contribution in [3.8, 4) is 5.75 Å². The van der Waals surface area contributed by atoms with Crippen LogP contribution in [0.4, 0.5) is 0 Å². The van der Waals surface area contributed by atoms with Crippen molar-refractivity contribution in [3.63, 3.8) is 0 Å². The number of sulfonamides is 1. The first-order valence-corrected chi connectivity index (χ1v) is 18.1. The number of benzene rings is 3. The van der Waals surface area contributed by atoms with Crippen LogP contribution in [0, 0.1) is 6.92 Å². The number of carbonyl (C=O) groups is 1. The zero-order chi connectivity index (χ0) is 32.2. The number of aryl methyl sites for hydroxylation is 1. The van der Waals surface area contributed by atoms with Gasteiger partial charge in [0, 0.05) is 42.2 Å². The highest BCUT2D eigenvalue weighted by atomic mass is 35.5. The second kappa shape index (κ2) is 12.0. The fourth-order valence-corrected chi connectivity index (χ4v) is 9.56. The van der Waals surface area contributed by atoms with Crippen molar-refractivity contribution in [3.05, 3.63) is 88.7 Å². The van der Waals surface area contributed by atoms with Crippen molar-refractivity contribution >= 4 is 38.6 Å². The number of amides is 1. The van der Waals surface area contributed by atoms with Crippen LogP contribution in [-0.2, 0) is 15.4 Å². The van der Waals surface area contributed by atoms with Crippen LogP contribution < -0.4 is 5.14 Å². The molecule has 3 N–H and O–H groups in total. The van der Waals surface area contributed by atoms with Gasteiger partial charge in [0.1, 0.15) is 16.5 Å². The topological polar surface area (TPSA) is 122 Å². The third-order valence-electron chi connectivity index (χ3n) is 10.8. The summed E-state index contributed by atoms with van der Waals surface area (Å²) in [5.74, 6) is 1.09. The Morgan fingerprint density at radius 2 is 1.72 bits per heavy atom. The normalized spacial score (nSPS) is 23.2. The summed E-state index contributed by atoms with van der Waals surface area (Å²) in [7, 11) is -4.06. The van der Waals surface area contributed by atoms with Gasteiger partial charge in [-0.1, -0.05) is 35.9 Å². The summed E-state index contributed by atoms with van der Waals surface area (Å²) in [6.07, 6.45) is 7.04. The first-order chi connectivity index (χ1) is 22.0. The largest absolute Gasteiger partial charge is 0.508 e. The van der Waals surface area contributed by atoms with Crippen LogP contribution >= 0.6 is 11.6 Å². The van der Waals surface area contributed by atoms with Gasteiger partial charge < -0.3 is 14.6 Å². The average Bonchev–Trinajstić information content (AvgIpc) is 3.49. The van der Waals surface area contributed by atoms with Gasteiger partial charge in [-0.3, -0.25) is 9.69 Å². The van der Waals surface area contributed by atoms with Crippen LogP contribution in [0.5, 0.6) is 5.75 Å². The Morgan fingerprint density at radius 3 is 2.41 bits per heavy atom. The highest BCUT2D eigenvalue weighted by Gasteiger charge is 2.44. The van der Waals surface area contributed by atoms with Crippen LogP contribution in [-0.4, -0.2) is 70.5 Å². The smallest absolute Gasteiger partial charge is 0.253 e. The molecule has 0 aliphatic carbocycles. The van der Waals surface area contributed by atoms with E-state index in [1.165, 1.54) is 30.5 Å². The van der Waals surface area contributed by atoms with Crippen LogP contribution in [0.25, 0.3) is 11.0 Å². The third kappa shape index (κ3) is 5.70. The van der Waals surface area contributed by atoms with Gasteiger partial charge in [0.15, 0.2) is 0 Å². The van der Waals surface area contributed by atoms with Gasteiger partial charge in [0.2, 0.25) is 10.0 Å². The standard InChI is InChI=1S/C35H40ClN5O4S/c1-23-38-31-7-2-3-8-32(31)41(23)28-21-26-10-11-27(22-28)40(26)18-15-35(25-5-4-6-29(42)20-25)13-16-39(17-14-35)34(43)24-9-12-30(36)33(19-24)46(37,44)45/h2-9,12,19-20,26-28,42H,10-11,13-18,21-22H2,1H3,(H2,37,44,45)/t26-,27+,28?. The van der Waals surface area contributed by atoms with Crippen molar-refractivity contribution in [2.45, 2.75) is 80.3 Å². The lowest BCUT2D eigenvalue weighted by molar-refractivity contribution is 0.0606. The molecule has 46 heavy (non-hydrogen) atoms. The fraction of sp³-hybridized carbons (Fsp3) is 0.429. The maximum atomic E-state index is 13.5. The van der Waals surface area contributed by atoms with Crippen molar-refractivity contribution in [1.29, 1.82) is 0 Å². The number of halogens is 1. The van der Waals surface area contributed by atoms with E-state index in [0.717, 1.165) is 55.6 Å². The van der Waals surface area contributed by atoms with E-state index in [2.05, 4.69) is 46.7 Å². The Kier molecular flexibility index (Phi) is 8.12. The number of aromatic hydroxyl groups is 1.